The molecule has 1 fully saturated rings. The smallest absolute Gasteiger partial charge is 0.252 e. The number of halogens is 1. The molecule has 0 N–H and O–H groups in total. The van der Waals surface area contributed by atoms with Crippen LogP contribution in [0.1, 0.15) is 13.3 Å². The summed E-state index contributed by atoms with van der Waals surface area (Å²) in [5.41, 5.74) is 1.79. The van der Waals surface area contributed by atoms with Gasteiger partial charge in [0.2, 0.25) is 0 Å². The van der Waals surface area contributed by atoms with E-state index in [1.54, 1.807) is 13.2 Å². The molecule has 0 saturated carbocycles. The van der Waals surface area contributed by atoms with Gasteiger partial charge in [-0.05, 0) is 25.1 Å². The van der Waals surface area contributed by atoms with Crippen molar-refractivity contribution < 1.29 is 13.9 Å². The Labute approximate surface area is 131 Å². The third kappa shape index (κ3) is 4.07. The fraction of sp³-hybridized carbons (Fsp3) is 0.471. The number of carbonyl (C=O) groups excluding carboxylic acids is 1. The Bertz CT molecular complexity index is 539. The van der Waals surface area contributed by atoms with Gasteiger partial charge in [-0.15, -0.1) is 6.58 Å². The van der Waals surface area contributed by atoms with Gasteiger partial charge in [-0.25, -0.2) is 4.39 Å². The van der Waals surface area contributed by atoms with Gasteiger partial charge in [0.15, 0.2) is 0 Å². The molecule has 0 radical (unpaired) electrons. The van der Waals surface area contributed by atoms with Gasteiger partial charge in [-0.1, -0.05) is 11.6 Å². The van der Waals surface area contributed by atoms with E-state index >= 15 is 0 Å². The number of nitrogens with zero attached hydrogens (tertiary/aromatic N) is 2. The van der Waals surface area contributed by atoms with E-state index in [1.165, 1.54) is 12.1 Å². The minimum Gasteiger partial charge on any atom is -0.371 e. The molecule has 1 aliphatic heterocycles. The van der Waals surface area contributed by atoms with Crippen LogP contribution in [0.5, 0.6) is 0 Å². The second kappa shape index (κ2) is 7.40. The summed E-state index contributed by atoms with van der Waals surface area (Å²) in [5, 5.41) is 0. The monoisotopic (exact) mass is 306 g/mol. The van der Waals surface area contributed by atoms with E-state index in [4.69, 9.17) is 4.74 Å². The van der Waals surface area contributed by atoms with Crippen molar-refractivity contribution in [2.75, 3.05) is 38.2 Å². The fourth-order valence-electron chi connectivity index (χ4n) is 2.65. The molecule has 0 spiro atoms. The lowest BCUT2D eigenvalue weighted by molar-refractivity contribution is -0.142. The van der Waals surface area contributed by atoms with Gasteiger partial charge < -0.3 is 14.5 Å². The van der Waals surface area contributed by atoms with E-state index in [0.717, 1.165) is 11.3 Å². The van der Waals surface area contributed by atoms with Crippen LogP contribution >= 0.6 is 0 Å². The number of ether oxygens (including phenoxy) is 1. The standard InChI is InChI=1S/C17H23FN2O2/c1-13(2)11-16(22-3)17(21)20-9-7-19(8-10-20)15-6-4-5-14(18)12-15/h4-6,12,16H,1,7-11H2,2-3H3. The highest BCUT2D eigenvalue weighted by atomic mass is 19.1. The molecular weight excluding hydrogens is 283 g/mol. The summed E-state index contributed by atoms with van der Waals surface area (Å²) in [6.07, 6.45) is 0.0811. The molecule has 1 amide bonds. The van der Waals surface area contributed by atoms with E-state index in [1.807, 2.05) is 17.9 Å². The lowest BCUT2D eigenvalue weighted by Crippen LogP contribution is -2.51. The molecule has 22 heavy (non-hydrogen) atoms. The number of rotatable bonds is 5. The van der Waals surface area contributed by atoms with Gasteiger partial charge in [-0.2, -0.15) is 0 Å². The first-order valence-corrected chi connectivity index (χ1v) is 7.47. The minimum atomic E-state index is -0.460. The predicted molar refractivity (Wildman–Crippen MR) is 85.4 cm³/mol. The van der Waals surface area contributed by atoms with Gasteiger partial charge in [0.1, 0.15) is 11.9 Å². The minimum absolute atomic E-state index is 0.00407. The molecule has 1 unspecified atom stereocenters. The first kappa shape index (κ1) is 16.5. The molecule has 1 heterocycles. The van der Waals surface area contributed by atoms with Gasteiger partial charge >= 0.3 is 0 Å². The topological polar surface area (TPSA) is 32.8 Å². The van der Waals surface area contributed by atoms with Crippen molar-refractivity contribution >= 4 is 11.6 Å². The van der Waals surface area contributed by atoms with Crippen molar-refractivity contribution in [3.8, 4) is 0 Å². The number of carbonyl (C=O) groups is 1. The summed E-state index contributed by atoms with van der Waals surface area (Å²) in [6, 6.07) is 6.55. The van der Waals surface area contributed by atoms with Crippen LogP contribution in [0.15, 0.2) is 36.4 Å². The number of methoxy groups -OCH3 is 1. The number of amides is 1. The molecule has 1 aromatic carbocycles. The lowest BCUT2D eigenvalue weighted by atomic mass is 10.1. The summed E-state index contributed by atoms with van der Waals surface area (Å²) in [6.45, 7) is 8.35. The number of hydrogen-bond donors (Lipinski definition) is 0. The maximum Gasteiger partial charge on any atom is 0.252 e. The highest BCUT2D eigenvalue weighted by Crippen LogP contribution is 2.18. The lowest BCUT2D eigenvalue weighted by Gasteiger charge is -2.37. The molecule has 1 aliphatic rings. The highest BCUT2D eigenvalue weighted by Gasteiger charge is 2.27. The summed E-state index contributed by atoms with van der Waals surface area (Å²) in [5.74, 6) is -0.235. The Morgan fingerprint density at radius 2 is 2.05 bits per heavy atom. The highest BCUT2D eigenvalue weighted by molar-refractivity contribution is 5.81. The van der Waals surface area contributed by atoms with E-state index in [-0.39, 0.29) is 11.7 Å². The van der Waals surface area contributed by atoms with Crippen LogP contribution in [0.25, 0.3) is 0 Å². The first-order chi connectivity index (χ1) is 10.5. The van der Waals surface area contributed by atoms with E-state index < -0.39 is 6.10 Å². The molecule has 2 rings (SSSR count). The molecule has 4 nitrogen and oxygen atoms in total. The van der Waals surface area contributed by atoms with Crippen molar-refractivity contribution in [2.24, 2.45) is 0 Å². The second-order valence-corrected chi connectivity index (χ2v) is 5.68. The SMILES string of the molecule is C=C(C)CC(OC)C(=O)N1CCN(c2cccc(F)c2)CC1. The average Bonchev–Trinajstić information content (AvgIpc) is 2.52. The van der Waals surface area contributed by atoms with E-state index in [9.17, 15) is 9.18 Å². The molecular formula is C17H23FN2O2. The third-order valence-electron chi connectivity index (χ3n) is 3.86. The molecule has 1 saturated heterocycles. The maximum absolute atomic E-state index is 13.3. The zero-order valence-corrected chi connectivity index (χ0v) is 13.2. The largest absolute Gasteiger partial charge is 0.371 e. The predicted octanol–water partition coefficient (Wildman–Crippen LogP) is 2.46. The second-order valence-electron chi connectivity index (χ2n) is 5.68. The molecule has 5 heteroatoms. The Hall–Kier alpha value is -1.88. The normalized spacial score (nSPS) is 16.5. The summed E-state index contributed by atoms with van der Waals surface area (Å²) >= 11 is 0. The van der Waals surface area contributed by atoms with Crippen LogP contribution in [0.4, 0.5) is 10.1 Å². The summed E-state index contributed by atoms with van der Waals surface area (Å²) in [4.78, 5) is 16.3. The number of piperazine rings is 1. The van der Waals surface area contributed by atoms with Crippen molar-refractivity contribution in [1.82, 2.24) is 4.90 Å². The van der Waals surface area contributed by atoms with Gasteiger partial charge in [0.05, 0.1) is 0 Å². The molecule has 120 valence electrons. The van der Waals surface area contributed by atoms with Crippen molar-refractivity contribution in [3.05, 3.63) is 42.2 Å². The van der Waals surface area contributed by atoms with E-state index in [0.29, 0.717) is 32.6 Å². The average molecular weight is 306 g/mol. The zero-order valence-electron chi connectivity index (χ0n) is 13.2. The van der Waals surface area contributed by atoms with Gasteiger partial charge in [0, 0.05) is 45.4 Å². The molecule has 0 aromatic heterocycles. The van der Waals surface area contributed by atoms with Crippen LogP contribution < -0.4 is 4.90 Å². The van der Waals surface area contributed by atoms with Crippen LogP contribution in [0, 0.1) is 5.82 Å². The molecule has 0 bridgehead atoms. The van der Waals surface area contributed by atoms with Gasteiger partial charge in [-0.3, -0.25) is 4.79 Å². The van der Waals surface area contributed by atoms with Crippen molar-refractivity contribution in [3.63, 3.8) is 0 Å². The van der Waals surface area contributed by atoms with Gasteiger partial charge in [0.25, 0.3) is 5.91 Å². The van der Waals surface area contributed by atoms with Crippen LogP contribution in [0.2, 0.25) is 0 Å². The van der Waals surface area contributed by atoms with E-state index in [2.05, 4.69) is 11.5 Å². The molecule has 0 aliphatic carbocycles. The summed E-state index contributed by atoms with van der Waals surface area (Å²) < 4.78 is 18.6. The molecule has 1 atom stereocenters. The Kier molecular flexibility index (Phi) is 5.55. The third-order valence-corrected chi connectivity index (χ3v) is 3.86. The van der Waals surface area contributed by atoms with Crippen molar-refractivity contribution in [2.45, 2.75) is 19.4 Å². The number of anilines is 1. The van der Waals surface area contributed by atoms with Crippen molar-refractivity contribution in [1.29, 1.82) is 0 Å². The Morgan fingerprint density at radius 1 is 1.36 bits per heavy atom. The summed E-state index contributed by atoms with van der Waals surface area (Å²) in [7, 11) is 1.55. The van der Waals surface area contributed by atoms with Crippen LogP contribution in [-0.2, 0) is 9.53 Å². The zero-order chi connectivity index (χ0) is 16.1. The number of hydrogen-bond acceptors (Lipinski definition) is 3. The first-order valence-electron chi connectivity index (χ1n) is 7.47. The Morgan fingerprint density at radius 3 is 2.59 bits per heavy atom. The number of benzene rings is 1. The van der Waals surface area contributed by atoms with Crippen LogP contribution in [-0.4, -0.2) is 50.2 Å². The quantitative estimate of drug-likeness (QED) is 0.783. The Balaban J connectivity index is 1.93. The van der Waals surface area contributed by atoms with Crippen LogP contribution in [0.3, 0.4) is 0 Å². The fourth-order valence-corrected chi connectivity index (χ4v) is 2.65. The molecule has 1 aromatic rings. The maximum atomic E-state index is 13.3.